The summed E-state index contributed by atoms with van der Waals surface area (Å²) in [4.78, 5) is 38.5. The lowest BCUT2D eigenvalue weighted by atomic mass is 10.0. The van der Waals surface area contributed by atoms with E-state index in [9.17, 15) is 14.4 Å². The van der Waals surface area contributed by atoms with Gasteiger partial charge in [0.1, 0.15) is 6.04 Å². The van der Waals surface area contributed by atoms with Crippen molar-refractivity contribution in [2.24, 2.45) is 0 Å². The van der Waals surface area contributed by atoms with Gasteiger partial charge in [0.2, 0.25) is 5.91 Å². The molecule has 1 aromatic rings. The zero-order valence-electron chi connectivity index (χ0n) is 16.5. The molecule has 0 aliphatic rings. The maximum atomic E-state index is 12.9. The minimum Gasteiger partial charge on any atom is -0.467 e. The quantitative estimate of drug-likeness (QED) is 0.640. The highest BCUT2D eigenvalue weighted by molar-refractivity contribution is 8.14. The van der Waals surface area contributed by atoms with Gasteiger partial charge in [-0.2, -0.15) is 0 Å². The molecular formula is C20H29NO4S. The van der Waals surface area contributed by atoms with E-state index in [0.29, 0.717) is 6.42 Å². The third kappa shape index (κ3) is 5.59. The molecule has 0 aromatic heterocycles. The molecule has 0 aliphatic heterocycles. The molecule has 0 saturated heterocycles. The van der Waals surface area contributed by atoms with E-state index in [4.69, 9.17) is 4.74 Å². The molecule has 0 saturated carbocycles. The van der Waals surface area contributed by atoms with Crippen molar-refractivity contribution in [3.63, 3.8) is 0 Å². The lowest BCUT2D eigenvalue weighted by molar-refractivity contribution is -0.142. The van der Waals surface area contributed by atoms with Gasteiger partial charge in [-0.15, -0.1) is 0 Å². The summed E-state index contributed by atoms with van der Waals surface area (Å²) < 4.78 is 4.85. The van der Waals surface area contributed by atoms with Crippen LogP contribution in [0.5, 0.6) is 0 Å². The summed E-state index contributed by atoms with van der Waals surface area (Å²) in [5.41, 5.74) is 3.59. The molecule has 1 aromatic carbocycles. The van der Waals surface area contributed by atoms with E-state index in [1.165, 1.54) is 12.0 Å². The van der Waals surface area contributed by atoms with E-state index in [-0.39, 0.29) is 16.8 Å². The van der Waals surface area contributed by atoms with Crippen molar-refractivity contribution in [2.75, 3.05) is 17.8 Å². The van der Waals surface area contributed by atoms with Crippen molar-refractivity contribution in [3.05, 3.63) is 28.8 Å². The first-order valence-corrected chi connectivity index (χ1v) is 9.85. The molecule has 6 heteroatoms. The number of hydrogen-bond acceptors (Lipinski definition) is 5. The fourth-order valence-corrected chi connectivity index (χ4v) is 3.43. The molecule has 1 rings (SSSR count). The summed E-state index contributed by atoms with van der Waals surface area (Å²) in [6.45, 7) is 9.47. The van der Waals surface area contributed by atoms with Crippen LogP contribution in [-0.2, 0) is 19.1 Å². The number of amides is 1. The van der Waals surface area contributed by atoms with Crippen LogP contribution in [0.3, 0.4) is 0 Å². The number of carbonyl (C=O) groups excluding carboxylic acids is 3. The van der Waals surface area contributed by atoms with E-state index < -0.39 is 12.0 Å². The minimum atomic E-state index is -0.766. The summed E-state index contributed by atoms with van der Waals surface area (Å²) >= 11 is 1.02. The zero-order chi connectivity index (χ0) is 19.9. The maximum Gasteiger partial charge on any atom is 0.328 e. The molecule has 0 unspecified atom stereocenters. The van der Waals surface area contributed by atoms with Crippen LogP contribution < -0.4 is 4.90 Å². The van der Waals surface area contributed by atoms with Crippen LogP contribution in [0.1, 0.15) is 49.8 Å². The van der Waals surface area contributed by atoms with E-state index in [2.05, 4.69) is 0 Å². The number of unbranched alkanes of at least 4 members (excludes halogenated alkanes) is 1. The maximum absolute atomic E-state index is 12.9. The second-order valence-electron chi connectivity index (χ2n) is 6.40. The third-order valence-electron chi connectivity index (χ3n) is 4.43. The predicted molar refractivity (Wildman–Crippen MR) is 107 cm³/mol. The van der Waals surface area contributed by atoms with Crippen LogP contribution in [0.15, 0.2) is 12.1 Å². The summed E-state index contributed by atoms with van der Waals surface area (Å²) in [7, 11) is 1.31. The van der Waals surface area contributed by atoms with E-state index in [1.54, 1.807) is 6.92 Å². The molecule has 0 bridgehead atoms. The number of aryl methyl sites for hydroxylation is 2. The van der Waals surface area contributed by atoms with Crippen molar-refractivity contribution in [2.45, 2.75) is 59.9 Å². The van der Waals surface area contributed by atoms with E-state index in [0.717, 1.165) is 47.0 Å². The molecule has 144 valence electrons. The van der Waals surface area contributed by atoms with Crippen LogP contribution in [0.25, 0.3) is 0 Å². The highest BCUT2D eigenvalue weighted by atomic mass is 32.2. The number of carbonyl (C=O) groups is 3. The molecule has 26 heavy (non-hydrogen) atoms. The Morgan fingerprint density at radius 2 is 1.77 bits per heavy atom. The first-order valence-electron chi connectivity index (χ1n) is 8.86. The molecule has 0 radical (unpaired) electrons. The second-order valence-corrected chi connectivity index (χ2v) is 7.43. The number of methoxy groups -OCH3 is 1. The van der Waals surface area contributed by atoms with Crippen molar-refractivity contribution in [1.29, 1.82) is 0 Å². The Bertz CT molecular complexity index is 672. The molecule has 0 spiro atoms. The van der Waals surface area contributed by atoms with Gasteiger partial charge >= 0.3 is 5.97 Å². The number of nitrogens with zero attached hydrogens (tertiary/aromatic N) is 1. The van der Waals surface area contributed by atoms with Gasteiger partial charge in [-0.3, -0.25) is 14.5 Å². The lowest BCUT2D eigenvalue weighted by Gasteiger charge is -2.31. The van der Waals surface area contributed by atoms with E-state index >= 15 is 0 Å². The molecule has 1 atom stereocenters. The average Bonchev–Trinajstić information content (AvgIpc) is 2.63. The van der Waals surface area contributed by atoms with Crippen molar-refractivity contribution >= 4 is 34.4 Å². The number of ether oxygens (including phenoxy) is 1. The zero-order valence-corrected chi connectivity index (χ0v) is 17.4. The van der Waals surface area contributed by atoms with Crippen LogP contribution in [0, 0.1) is 20.8 Å². The van der Waals surface area contributed by atoms with Crippen LogP contribution >= 0.6 is 11.8 Å². The van der Waals surface area contributed by atoms with Crippen molar-refractivity contribution in [1.82, 2.24) is 0 Å². The topological polar surface area (TPSA) is 63.7 Å². The number of hydrogen-bond donors (Lipinski definition) is 0. The average molecular weight is 380 g/mol. The normalized spacial score (nSPS) is 11.8. The lowest BCUT2D eigenvalue weighted by Crippen LogP contribution is -2.46. The Hall–Kier alpha value is -1.82. The largest absolute Gasteiger partial charge is 0.467 e. The van der Waals surface area contributed by atoms with Crippen LogP contribution in [0.2, 0.25) is 0 Å². The van der Waals surface area contributed by atoms with Gasteiger partial charge in [0.15, 0.2) is 5.12 Å². The van der Waals surface area contributed by atoms with Gasteiger partial charge in [0.25, 0.3) is 0 Å². The van der Waals surface area contributed by atoms with Gasteiger partial charge in [-0.1, -0.05) is 37.2 Å². The number of esters is 1. The summed E-state index contributed by atoms with van der Waals surface area (Å²) in [5.74, 6) is -0.744. The van der Waals surface area contributed by atoms with Crippen LogP contribution in [-0.4, -0.2) is 35.9 Å². The molecule has 5 nitrogen and oxygen atoms in total. The number of rotatable bonds is 8. The molecule has 1 amide bonds. The summed E-state index contributed by atoms with van der Waals surface area (Å²) in [6, 6.07) is 3.16. The molecule has 0 aliphatic carbocycles. The van der Waals surface area contributed by atoms with Crippen molar-refractivity contribution in [3.8, 4) is 0 Å². The fraction of sp³-hybridized carbons (Fsp3) is 0.550. The highest BCUT2D eigenvalue weighted by Crippen LogP contribution is 2.30. The molecular weight excluding hydrogens is 350 g/mol. The molecule has 0 heterocycles. The Morgan fingerprint density at radius 1 is 1.15 bits per heavy atom. The Labute approximate surface area is 160 Å². The second kappa shape index (κ2) is 10.4. The molecule has 0 fully saturated rings. The summed E-state index contributed by atoms with van der Waals surface area (Å²) in [6.07, 6.45) is 2.22. The Balaban J connectivity index is 3.15. The minimum absolute atomic E-state index is 0.00329. The Morgan fingerprint density at radius 3 is 2.35 bits per heavy atom. The van der Waals surface area contributed by atoms with Gasteiger partial charge in [0.05, 0.1) is 18.6 Å². The third-order valence-corrected chi connectivity index (χ3v) is 5.35. The van der Waals surface area contributed by atoms with Gasteiger partial charge < -0.3 is 4.74 Å². The molecule has 0 N–H and O–H groups in total. The monoisotopic (exact) mass is 379 g/mol. The predicted octanol–water partition coefficient (Wildman–Crippen LogP) is 3.96. The first-order chi connectivity index (χ1) is 12.2. The first kappa shape index (κ1) is 22.2. The number of anilines is 1. The smallest absolute Gasteiger partial charge is 0.328 e. The highest BCUT2D eigenvalue weighted by Gasteiger charge is 2.30. The van der Waals surface area contributed by atoms with Gasteiger partial charge in [-0.05, 0) is 50.8 Å². The Kier molecular flexibility index (Phi) is 8.85. The number of thioether (sulfide) groups is 1. The number of benzene rings is 1. The summed E-state index contributed by atoms with van der Waals surface area (Å²) in [5, 5.41) is 0.00329. The van der Waals surface area contributed by atoms with Crippen molar-refractivity contribution < 1.29 is 19.1 Å². The fourth-order valence-electron chi connectivity index (χ4n) is 2.72. The van der Waals surface area contributed by atoms with Gasteiger partial charge in [-0.25, -0.2) is 4.79 Å². The standard InChI is InChI=1S/C20H29NO4S/c1-7-8-9-18(23)26-12-17(22)21(16(5)20(24)25-6)19-14(3)11-10-13(2)15(19)4/h10-11,16H,7-9,12H2,1-6H3/t16-/m0/s1. The van der Waals surface area contributed by atoms with Crippen LogP contribution in [0.4, 0.5) is 5.69 Å². The van der Waals surface area contributed by atoms with E-state index in [1.807, 2.05) is 39.8 Å². The SMILES string of the molecule is CCCCC(=O)SCC(=O)N(c1c(C)ccc(C)c1C)[C@@H](C)C(=O)OC. The van der Waals surface area contributed by atoms with Gasteiger partial charge in [0, 0.05) is 6.42 Å².